The molecular formula is C14H17BrFNO4. The summed E-state index contributed by atoms with van der Waals surface area (Å²) >= 11 is 3.16. The van der Waals surface area contributed by atoms with E-state index in [1.807, 2.05) is 0 Å². The highest BCUT2D eigenvalue weighted by Crippen LogP contribution is 2.27. The van der Waals surface area contributed by atoms with Crippen LogP contribution < -0.4 is 5.32 Å². The minimum atomic E-state index is -1.09. The number of carboxylic acid groups (broad SMARTS) is 1. The van der Waals surface area contributed by atoms with Gasteiger partial charge in [0.25, 0.3) is 0 Å². The summed E-state index contributed by atoms with van der Waals surface area (Å²) in [5.41, 5.74) is -0.234. The summed E-state index contributed by atoms with van der Waals surface area (Å²) in [7, 11) is 0. The molecule has 1 atom stereocenters. The number of aliphatic carboxylic acids is 1. The Morgan fingerprint density at radius 1 is 1.43 bits per heavy atom. The van der Waals surface area contributed by atoms with Gasteiger partial charge in [-0.3, -0.25) is 4.79 Å². The lowest BCUT2D eigenvalue weighted by Gasteiger charge is -2.23. The molecule has 21 heavy (non-hydrogen) atoms. The highest BCUT2D eigenvalue weighted by Gasteiger charge is 2.24. The van der Waals surface area contributed by atoms with Gasteiger partial charge in [0.05, 0.1) is 12.5 Å². The van der Waals surface area contributed by atoms with Crippen LogP contribution in [0, 0.1) is 5.82 Å². The normalized spacial score (nSPS) is 12.6. The molecule has 1 aromatic carbocycles. The second-order valence-corrected chi connectivity index (χ2v) is 6.32. The average Bonchev–Trinajstić information content (AvgIpc) is 2.24. The fourth-order valence-electron chi connectivity index (χ4n) is 1.65. The molecule has 5 nitrogen and oxygen atoms in total. The molecule has 0 bridgehead atoms. The van der Waals surface area contributed by atoms with Crippen LogP contribution in [0.2, 0.25) is 0 Å². The molecule has 0 fully saturated rings. The van der Waals surface area contributed by atoms with Gasteiger partial charge in [0, 0.05) is 4.47 Å². The second kappa shape index (κ2) is 6.89. The predicted octanol–water partition coefficient (Wildman–Crippen LogP) is 3.63. The van der Waals surface area contributed by atoms with E-state index in [2.05, 4.69) is 21.2 Å². The fraction of sp³-hybridized carbons (Fsp3) is 0.429. The first-order valence-electron chi connectivity index (χ1n) is 6.25. The van der Waals surface area contributed by atoms with E-state index in [1.165, 1.54) is 18.2 Å². The van der Waals surface area contributed by atoms with Crippen molar-refractivity contribution in [3.63, 3.8) is 0 Å². The number of carbonyl (C=O) groups is 2. The van der Waals surface area contributed by atoms with Crippen molar-refractivity contribution in [2.45, 2.75) is 38.8 Å². The van der Waals surface area contributed by atoms with Crippen molar-refractivity contribution in [3.05, 3.63) is 34.1 Å². The average molecular weight is 362 g/mol. The zero-order valence-electron chi connectivity index (χ0n) is 11.9. The van der Waals surface area contributed by atoms with Crippen LogP contribution in [0.1, 0.15) is 38.8 Å². The number of amides is 1. The lowest BCUT2D eigenvalue weighted by Crippen LogP contribution is -2.36. The summed E-state index contributed by atoms with van der Waals surface area (Å²) in [5.74, 6) is -1.55. The Morgan fingerprint density at radius 2 is 2.05 bits per heavy atom. The van der Waals surface area contributed by atoms with Gasteiger partial charge in [0.15, 0.2) is 0 Å². The first kappa shape index (κ1) is 17.4. The van der Waals surface area contributed by atoms with E-state index in [4.69, 9.17) is 9.84 Å². The van der Waals surface area contributed by atoms with E-state index in [1.54, 1.807) is 20.8 Å². The third-order valence-electron chi connectivity index (χ3n) is 2.41. The summed E-state index contributed by atoms with van der Waals surface area (Å²) in [4.78, 5) is 22.7. The number of carboxylic acids is 1. The Labute approximate surface area is 130 Å². The van der Waals surface area contributed by atoms with Crippen molar-refractivity contribution in [2.24, 2.45) is 0 Å². The standard InChI is InChI=1S/C14H17BrFNO4/c1-14(2,3)21-13(20)17-11(7-12(18)19)9-5-4-8(16)6-10(9)15/h4-6,11H,7H2,1-3H3,(H,17,20)(H,18,19)/t11-/m1/s1. The summed E-state index contributed by atoms with van der Waals surface area (Å²) in [6.45, 7) is 5.10. The van der Waals surface area contributed by atoms with Crippen LogP contribution >= 0.6 is 15.9 Å². The van der Waals surface area contributed by atoms with Crippen molar-refractivity contribution >= 4 is 28.0 Å². The number of nitrogens with one attached hydrogen (secondary N) is 1. The number of ether oxygens (including phenoxy) is 1. The van der Waals surface area contributed by atoms with Crippen molar-refractivity contribution in [3.8, 4) is 0 Å². The molecule has 0 spiro atoms. The molecule has 0 aliphatic rings. The lowest BCUT2D eigenvalue weighted by atomic mass is 10.0. The molecule has 116 valence electrons. The number of hydrogen-bond acceptors (Lipinski definition) is 3. The molecule has 0 aromatic heterocycles. The smallest absolute Gasteiger partial charge is 0.408 e. The number of carbonyl (C=O) groups excluding carboxylic acids is 1. The van der Waals surface area contributed by atoms with E-state index < -0.39 is 29.5 Å². The molecule has 0 aliphatic heterocycles. The second-order valence-electron chi connectivity index (χ2n) is 5.46. The van der Waals surface area contributed by atoms with E-state index in [9.17, 15) is 14.0 Å². The molecule has 0 radical (unpaired) electrons. The zero-order chi connectivity index (χ0) is 16.2. The molecule has 0 saturated heterocycles. The van der Waals surface area contributed by atoms with Gasteiger partial charge in [-0.05, 0) is 38.5 Å². The van der Waals surface area contributed by atoms with Crippen molar-refractivity contribution in [1.82, 2.24) is 5.32 Å². The van der Waals surface area contributed by atoms with Gasteiger partial charge in [0.1, 0.15) is 11.4 Å². The number of benzene rings is 1. The van der Waals surface area contributed by atoms with Crippen LogP contribution in [-0.4, -0.2) is 22.8 Å². The largest absolute Gasteiger partial charge is 0.481 e. The molecule has 7 heteroatoms. The number of rotatable bonds is 4. The Bertz CT molecular complexity index is 542. The van der Waals surface area contributed by atoms with Gasteiger partial charge in [-0.1, -0.05) is 22.0 Å². The molecule has 1 aromatic rings. The first-order valence-corrected chi connectivity index (χ1v) is 7.04. The number of hydrogen-bond donors (Lipinski definition) is 2. The van der Waals surface area contributed by atoms with Gasteiger partial charge in [-0.25, -0.2) is 9.18 Å². The van der Waals surface area contributed by atoms with E-state index >= 15 is 0 Å². The third-order valence-corrected chi connectivity index (χ3v) is 3.09. The molecular weight excluding hydrogens is 345 g/mol. The molecule has 1 amide bonds. The topological polar surface area (TPSA) is 75.6 Å². The Kier molecular flexibility index (Phi) is 5.71. The Hall–Kier alpha value is -1.63. The van der Waals surface area contributed by atoms with Crippen molar-refractivity contribution in [2.75, 3.05) is 0 Å². The van der Waals surface area contributed by atoms with Gasteiger partial charge in [0.2, 0.25) is 0 Å². The summed E-state index contributed by atoms with van der Waals surface area (Å²) in [6.07, 6.45) is -1.08. The summed E-state index contributed by atoms with van der Waals surface area (Å²) in [5, 5.41) is 11.4. The van der Waals surface area contributed by atoms with Crippen LogP contribution in [0.15, 0.2) is 22.7 Å². The van der Waals surface area contributed by atoms with Gasteiger partial charge in [-0.15, -0.1) is 0 Å². The SMILES string of the molecule is CC(C)(C)OC(=O)N[C@H](CC(=O)O)c1ccc(F)cc1Br. The Balaban J connectivity index is 2.95. The Morgan fingerprint density at radius 3 is 2.52 bits per heavy atom. The molecule has 2 N–H and O–H groups in total. The predicted molar refractivity (Wildman–Crippen MR) is 78.5 cm³/mol. The lowest BCUT2D eigenvalue weighted by molar-refractivity contribution is -0.137. The van der Waals surface area contributed by atoms with Crippen LogP contribution in [0.5, 0.6) is 0 Å². The molecule has 0 saturated carbocycles. The van der Waals surface area contributed by atoms with E-state index in [-0.39, 0.29) is 6.42 Å². The molecule has 0 aliphatic carbocycles. The molecule has 0 heterocycles. The van der Waals surface area contributed by atoms with Crippen LogP contribution in [0.4, 0.5) is 9.18 Å². The third kappa shape index (κ3) is 6.12. The molecule has 1 rings (SSSR count). The van der Waals surface area contributed by atoms with Crippen molar-refractivity contribution in [1.29, 1.82) is 0 Å². The summed E-state index contributed by atoms with van der Waals surface area (Å²) in [6, 6.07) is 3.00. The fourth-order valence-corrected chi connectivity index (χ4v) is 2.27. The van der Waals surface area contributed by atoms with Gasteiger partial charge in [-0.2, -0.15) is 0 Å². The van der Waals surface area contributed by atoms with E-state index in [0.717, 1.165) is 0 Å². The summed E-state index contributed by atoms with van der Waals surface area (Å²) < 4.78 is 18.6. The molecule has 0 unspecified atom stereocenters. The maximum absolute atomic E-state index is 13.1. The zero-order valence-corrected chi connectivity index (χ0v) is 13.5. The van der Waals surface area contributed by atoms with Gasteiger partial charge >= 0.3 is 12.1 Å². The monoisotopic (exact) mass is 361 g/mol. The number of halogens is 2. The van der Waals surface area contributed by atoms with E-state index in [0.29, 0.717) is 10.0 Å². The van der Waals surface area contributed by atoms with Gasteiger partial charge < -0.3 is 15.2 Å². The van der Waals surface area contributed by atoms with Crippen LogP contribution in [0.3, 0.4) is 0 Å². The highest BCUT2D eigenvalue weighted by molar-refractivity contribution is 9.10. The van der Waals surface area contributed by atoms with Crippen LogP contribution in [-0.2, 0) is 9.53 Å². The highest BCUT2D eigenvalue weighted by atomic mass is 79.9. The van der Waals surface area contributed by atoms with Crippen molar-refractivity contribution < 1.29 is 23.8 Å². The maximum atomic E-state index is 13.1. The minimum Gasteiger partial charge on any atom is -0.481 e. The minimum absolute atomic E-state index is 0.344. The number of alkyl carbamates (subject to hydrolysis) is 1. The van der Waals surface area contributed by atoms with Crippen LogP contribution in [0.25, 0.3) is 0 Å². The quantitative estimate of drug-likeness (QED) is 0.858. The maximum Gasteiger partial charge on any atom is 0.408 e. The first-order chi connectivity index (χ1) is 9.58.